The fourth-order valence-electron chi connectivity index (χ4n) is 4.49. The zero-order valence-electron chi connectivity index (χ0n) is 15.8. The lowest BCUT2D eigenvalue weighted by molar-refractivity contribution is 0.425. The lowest BCUT2D eigenvalue weighted by Gasteiger charge is -2.38. The van der Waals surface area contributed by atoms with Crippen LogP contribution in [0.25, 0.3) is 0 Å². The second-order valence-electron chi connectivity index (χ2n) is 7.64. The van der Waals surface area contributed by atoms with Gasteiger partial charge in [-0.1, -0.05) is 77.8 Å². The third-order valence-corrected chi connectivity index (χ3v) is 7.81. The molecule has 0 amide bonds. The summed E-state index contributed by atoms with van der Waals surface area (Å²) in [5.41, 5.74) is 5.04. The predicted octanol–water partition coefficient (Wildman–Crippen LogP) is 8.11. The van der Waals surface area contributed by atoms with E-state index in [1.165, 1.54) is 21.7 Å². The second-order valence-corrected chi connectivity index (χ2v) is 9.48. The molecule has 1 heterocycles. The molecule has 0 radical (unpaired) electrons. The van der Waals surface area contributed by atoms with Crippen molar-refractivity contribution in [2.24, 2.45) is 5.92 Å². The molecule has 0 saturated heterocycles. The van der Waals surface area contributed by atoms with E-state index in [0.717, 1.165) is 17.7 Å². The van der Waals surface area contributed by atoms with Crippen molar-refractivity contribution in [2.45, 2.75) is 29.0 Å². The number of benzene rings is 3. The Morgan fingerprint density at radius 2 is 1.79 bits per heavy atom. The first kappa shape index (κ1) is 19.1. The number of allylic oxidation sites excluding steroid dienone is 2. The molecule has 1 nitrogen and oxygen atoms in total. The zero-order chi connectivity index (χ0) is 19.8. The number of hydrogen-bond acceptors (Lipinski definition) is 2. The normalized spacial score (nSPS) is 22.1. The van der Waals surface area contributed by atoms with Crippen molar-refractivity contribution in [1.82, 2.24) is 0 Å². The molecule has 1 N–H and O–H groups in total. The average Bonchev–Trinajstić information content (AvgIpc) is 3.25. The highest BCUT2D eigenvalue weighted by atomic mass is 35.5. The van der Waals surface area contributed by atoms with Crippen molar-refractivity contribution in [3.05, 3.63) is 106 Å². The Morgan fingerprint density at radius 3 is 2.66 bits per heavy atom. The van der Waals surface area contributed by atoms with E-state index in [9.17, 15) is 0 Å². The van der Waals surface area contributed by atoms with E-state index < -0.39 is 0 Å². The summed E-state index contributed by atoms with van der Waals surface area (Å²) in [6.45, 7) is 0. The van der Waals surface area contributed by atoms with Crippen LogP contribution in [0.3, 0.4) is 0 Å². The quantitative estimate of drug-likeness (QED) is 0.326. The Hall–Kier alpha value is -1.87. The van der Waals surface area contributed by atoms with Gasteiger partial charge >= 0.3 is 0 Å². The molecule has 4 heteroatoms. The summed E-state index contributed by atoms with van der Waals surface area (Å²) >= 11 is 14.8. The smallest absolute Gasteiger partial charge is 0.0645 e. The SMILES string of the molecule is Clc1cccc([C@@H]2Nc3ccc(CSc4ccccc4)cc3[C@@H]3C=CC[C@H]32)c1Cl. The molecule has 3 atom stereocenters. The predicted molar refractivity (Wildman–Crippen MR) is 125 cm³/mol. The summed E-state index contributed by atoms with van der Waals surface area (Å²) in [6, 6.07) is 23.5. The van der Waals surface area contributed by atoms with Crippen LogP contribution in [0, 0.1) is 5.92 Å². The third-order valence-electron chi connectivity index (χ3n) is 5.89. The van der Waals surface area contributed by atoms with Crippen LogP contribution in [0.1, 0.15) is 35.1 Å². The standard InChI is InChI=1S/C25H21Cl2NS/c26-22-11-5-10-20(24(22)27)25-19-9-4-8-18(19)21-14-16(12-13-23(21)28-25)15-29-17-6-2-1-3-7-17/h1-8,10-14,18-19,25,28H,9,15H2/t18-,19-,25-/m1/s1. The molecule has 2 aliphatic rings. The summed E-state index contributed by atoms with van der Waals surface area (Å²) in [7, 11) is 0. The van der Waals surface area contributed by atoms with E-state index in [4.69, 9.17) is 23.2 Å². The van der Waals surface area contributed by atoms with E-state index in [1.54, 1.807) is 0 Å². The maximum atomic E-state index is 6.57. The van der Waals surface area contributed by atoms with Crippen LogP contribution < -0.4 is 5.32 Å². The van der Waals surface area contributed by atoms with Gasteiger partial charge in [0.05, 0.1) is 16.1 Å². The number of halogens is 2. The summed E-state index contributed by atoms with van der Waals surface area (Å²) in [5, 5.41) is 5.05. The minimum absolute atomic E-state index is 0.165. The molecule has 3 aromatic carbocycles. The molecule has 0 aromatic heterocycles. The number of nitrogens with one attached hydrogen (secondary N) is 1. The fraction of sp³-hybridized carbons (Fsp3) is 0.200. The minimum atomic E-state index is 0.165. The van der Waals surface area contributed by atoms with Crippen LogP contribution in [-0.4, -0.2) is 0 Å². The van der Waals surface area contributed by atoms with E-state index in [1.807, 2.05) is 23.9 Å². The van der Waals surface area contributed by atoms with Gasteiger partial charge in [-0.25, -0.2) is 0 Å². The van der Waals surface area contributed by atoms with E-state index in [-0.39, 0.29) is 6.04 Å². The van der Waals surface area contributed by atoms with Crippen molar-refractivity contribution >= 4 is 40.7 Å². The van der Waals surface area contributed by atoms with E-state index >= 15 is 0 Å². The van der Waals surface area contributed by atoms with Gasteiger partial charge in [-0.05, 0) is 53.3 Å². The largest absolute Gasteiger partial charge is 0.378 e. The Balaban J connectivity index is 1.44. The van der Waals surface area contributed by atoms with Gasteiger partial charge in [0.25, 0.3) is 0 Å². The van der Waals surface area contributed by atoms with Gasteiger partial charge < -0.3 is 5.32 Å². The van der Waals surface area contributed by atoms with Gasteiger partial charge in [0.15, 0.2) is 0 Å². The van der Waals surface area contributed by atoms with Crippen LogP contribution in [0.15, 0.2) is 83.8 Å². The van der Waals surface area contributed by atoms with Crippen molar-refractivity contribution in [1.29, 1.82) is 0 Å². The lowest BCUT2D eigenvalue weighted by Crippen LogP contribution is -2.29. The van der Waals surface area contributed by atoms with Crippen LogP contribution >= 0.6 is 35.0 Å². The Morgan fingerprint density at radius 1 is 0.931 bits per heavy atom. The molecule has 1 aliphatic carbocycles. The molecule has 5 rings (SSSR count). The van der Waals surface area contributed by atoms with Crippen LogP contribution in [0.5, 0.6) is 0 Å². The molecule has 0 saturated carbocycles. The molecule has 0 bridgehead atoms. The monoisotopic (exact) mass is 437 g/mol. The van der Waals surface area contributed by atoms with Gasteiger partial charge in [0.1, 0.15) is 0 Å². The van der Waals surface area contributed by atoms with Crippen molar-refractivity contribution in [3.8, 4) is 0 Å². The molecule has 1 aliphatic heterocycles. The lowest BCUT2D eigenvalue weighted by atomic mass is 9.76. The minimum Gasteiger partial charge on any atom is -0.378 e. The number of anilines is 1. The number of thioether (sulfide) groups is 1. The second kappa shape index (κ2) is 8.10. The van der Waals surface area contributed by atoms with E-state index in [0.29, 0.717) is 21.9 Å². The third kappa shape index (κ3) is 3.70. The van der Waals surface area contributed by atoms with Gasteiger partial charge in [0, 0.05) is 22.3 Å². The first-order valence-corrected chi connectivity index (χ1v) is 11.6. The number of rotatable bonds is 4. The highest BCUT2D eigenvalue weighted by Crippen LogP contribution is 2.51. The summed E-state index contributed by atoms with van der Waals surface area (Å²) < 4.78 is 0. The average molecular weight is 438 g/mol. The van der Waals surface area contributed by atoms with Crippen LogP contribution in [-0.2, 0) is 5.75 Å². The Bertz CT molecular complexity index is 1060. The first-order valence-electron chi connectivity index (χ1n) is 9.88. The summed E-state index contributed by atoms with van der Waals surface area (Å²) in [4.78, 5) is 1.30. The van der Waals surface area contributed by atoms with Crippen molar-refractivity contribution in [3.63, 3.8) is 0 Å². The molecular formula is C25H21Cl2NS. The fourth-order valence-corrected chi connectivity index (χ4v) is 5.77. The molecular weight excluding hydrogens is 417 g/mol. The van der Waals surface area contributed by atoms with Gasteiger partial charge in [-0.15, -0.1) is 11.8 Å². The van der Waals surface area contributed by atoms with Crippen LogP contribution in [0.2, 0.25) is 10.0 Å². The summed E-state index contributed by atoms with van der Waals surface area (Å²) in [5.74, 6) is 1.84. The maximum absolute atomic E-state index is 6.57. The van der Waals surface area contributed by atoms with Crippen LogP contribution in [0.4, 0.5) is 5.69 Å². The van der Waals surface area contributed by atoms with E-state index in [2.05, 4.69) is 72.1 Å². The van der Waals surface area contributed by atoms with Crippen molar-refractivity contribution in [2.75, 3.05) is 5.32 Å². The number of fused-ring (bicyclic) bond motifs is 3. The topological polar surface area (TPSA) is 12.0 Å². The van der Waals surface area contributed by atoms with Gasteiger partial charge in [0.2, 0.25) is 0 Å². The highest BCUT2D eigenvalue weighted by molar-refractivity contribution is 7.98. The molecule has 0 fully saturated rings. The zero-order valence-corrected chi connectivity index (χ0v) is 18.1. The Labute approximate surface area is 186 Å². The molecule has 29 heavy (non-hydrogen) atoms. The van der Waals surface area contributed by atoms with Crippen molar-refractivity contribution < 1.29 is 0 Å². The number of hydrogen-bond donors (Lipinski definition) is 1. The highest BCUT2D eigenvalue weighted by Gasteiger charge is 2.38. The molecule has 146 valence electrons. The van der Waals surface area contributed by atoms with Gasteiger partial charge in [-0.3, -0.25) is 0 Å². The molecule has 0 spiro atoms. The summed E-state index contributed by atoms with van der Waals surface area (Å²) in [6.07, 6.45) is 5.72. The first-order chi connectivity index (χ1) is 14.2. The maximum Gasteiger partial charge on any atom is 0.0645 e. The molecule has 0 unspecified atom stereocenters. The van der Waals surface area contributed by atoms with Gasteiger partial charge in [-0.2, -0.15) is 0 Å². The Kier molecular flexibility index (Phi) is 5.34. The molecule has 3 aromatic rings.